The fourth-order valence-corrected chi connectivity index (χ4v) is 7.05. The molecule has 0 aliphatic rings. The minimum absolute atomic E-state index is 0.0415. The summed E-state index contributed by atoms with van der Waals surface area (Å²) in [5.74, 6) is -0.491. The molecule has 254 valence electrons. The van der Waals surface area contributed by atoms with Crippen molar-refractivity contribution in [1.82, 2.24) is 10.2 Å². The number of aryl methyl sites for hydroxylation is 1. The number of rotatable bonds is 16. The SMILES string of the molecule is CCOc1ccccc1N(CC(=O)N(Cc1ccc(C)cc1)[C@H](Cc1ccccc1)C(=O)N[C@H](C)CC)S(=O)(=O)c1ccc(SC)cc1. The Morgan fingerprint density at radius 2 is 1.50 bits per heavy atom. The smallest absolute Gasteiger partial charge is 0.264 e. The molecule has 48 heavy (non-hydrogen) atoms. The van der Waals surface area contributed by atoms with Crippen LogP contribution in [0.1, 0.15) is 43.9 Å². The highest BCUT2D eigenvalue weighted by molar-refractivity contribution is 7.98. The molecule has 0 saturated carbocycles. The van der Waals surface area contributed by atoms with Crippen molar-refractivity contribution in [3.05, 3.63) is 120 Å². The molecule has 4 aromatic rings. The number of benzene rings is 4. The summed E-state index contributed by atoms with van der Waals surface area (Å²) in [4.78, 5) is 31.2. The molecule has 0 unspecified atom stereocenters. The van der Waals surface area contributed by atoms with Crippen LogP contribution in [0, 0.1) is 6.92 Å². The molecule has 0 heterocycles. The summed E-state index contributed by atoms with van der Waals surface area (Å²) in [7, 11) is -4.26. The van der Waals surface area contributed by atoms with Crippen LogP contribution in [0.25, 0.3) is 0 Å². The van der Waals surface area contributed by atoms with Crippen molar-refractivity contribution in [2.24, 2.45) is 0 Å². The van der Waals surface area contributed by atoms with E-state index in [2.05, 4.69) is 5.32 Å². The Balaban J connectivity index is 1.84. The summed E-state index contributed by atoms with van der Waals surface area (Å²) in [6, 6.07) is 29.6. The van der Waals surface area contributed by atoms with Crippen molar-refractivity contribution in [1.29, 1.82) is 0 Å². The van der Waals surface area contributed by atoms with Crippen molar-refractivity contribution in [2.75, 3.05) is 23.7 Å². The molecule has 4 rings (SSSR count). The summed E-state index contributed by atoms with van der Waals surface area (Å²) in [6.07, 6.45) is 2.88. The van der Waals surface area contributed by atoms with Gasteiger partial charge in [0, 0.05) is 23.9 Å². The van der Waals surface area contributed by atoms with Gasteiger partial charge in [0.25, 0.3) is 10.0 Å². The Morgan fingerprint density at radius 3 is 2.12 bits per heavy atom. The topological polar surface area (TPSA) is 96.0 Å². The molecule has 10 heteroatoms. The first kappa shape index (κ1) is 36.6. The monoisotopic (exact) mass is 687 g/mol. The van der Waals surface area contributed by atoms with Crippen LogP contribution in [0.4, 0.5) is 5.69 Å². The lowest BCUT2D eigenvalue weighted by Gasteiger charge is -2.34. The Kier molecular flexibility index (Phi) is 13.1. The second-order valence-electron chi connectivity index (χ2n) is 11.6. The van der Waals surface area contributed by atoms with Crippen LogP contribution in [0.2, 0.25) is 0 Å². The number of anilines is 1. The number of hydrogen-bond donors (Lipinski definition) is 1. The van der Waals surface area contributed by atoms with E-state index in [0.29, 0.717) is 18.8 Å². The highest BCUT2D eigenvalue weighted by Crippen LogP contribution is 2.33. The number of nitrogens with zero attached hydrogens (tertiary/aromatic N) is 2. The molecule has 2 amide bonds. The van der Waals surface area contributed by atoms with Gasteiger partial charge in [0.05, 0.1) is 17.2 Å². The number of thioether (sulfide) groups is 1. The van der Waals surface area contributed by atoms with Crippen molar-refractivity contribution in [3.8, 4) is 5.75 Å². The van der Waals surface area contributed by atoms with Gasteiger partial charge in [0.2, 0.25) is 11.8 Å². The molecule has 8 nitrogen and oxygen atoms in total. The number of hydrogen-bond acceptors (Lipinski definition) is 6. The van der Waals surface area contributed by atoms with Crippen LogP contribution < -0.4 is 14.4 Å². The maximum Gasteiger partial charge on any atom is 0.264 e. The Labute approximate surface area is 289 Å². The largest absolute Gasteiger partial charge is 0.492 e. The number of ether oxygens (including phenoxy) is 1. The van der Waals surface area contributed by atoms with Gasteiger partial charge in [0.15, 0.2) is 0 Å². The van der Waals surface area contributed by atoms with Crippen LogP contribution in [-0.4, -0.2) is 56.6 Å². The first-order valence-electron chi connectivity index (χ1n) is 16.1. The number of para-hydroxylation sites is 2. The zero-order chi connectivity index (χ0) is 34.7. The molecule has 0 aliphatic carbocycles. The van der Waals surface area contributed by atoms with Gasteiger partial charge < -0.3 is 15.0 Å². The fraction of sp³-hybridized carbons (Fsp3) is 0.316. The average molecular weight is 688 g/mol. The van der Waals surface area contributed by atoms with E-state index in [1.807, 2.05) is 88.5 Å². The van der Waals surface area contributed by atoms with Gasteiger partial charge >= 0.3 is 0 Å². The number of carbonyl (C=O) groups is 2. The first-order valence-corrected chi connectivity index (χ1v) is 18.8. The summed E-state index contributed by atoms with van der Waals surface area (Å²) in [5, 5.41) is 3.07. The summed E-state index contributed by atoms with van der Waals surface area (Å²) in [6.45, 7) is 7.56. The Bertz CT molecular complexity index is 1750. The number of sulfonamides is 1. The van der Waals surface area contributed by atoms with Gasteiger partial charge in [-0.15, -0.1) is 11.8 Å². The van der Waals surface area contributed by atoms with Crippen molar-refractivity contribution in [2.45, 2.75) is 69.0 Å². The van der Waals surface area contributed by atoms with Crippen molar-refractivity contribution < 1.29 is 22.7 Å². The van der Waals surface area contributed by atoms with Crippen molar-refractivity contribution >= 4 is 39.3 Å². The third-order valence-electron chi connectivity index (χ3n) is 8.11. The second-order valence-corrected chi connectivity index (χ2v) is 14.4. The molecule has 0 radical (unpaired) electrons. The number of amides is 2. The predicted molar refractivity (Wildman–Crippen MR) is 194 cm³/mol. The van der Waals surface area contributed by atoms with E-state index < -0.39 is 28.5 Å². The molecule has 0 aromatic heterocycles. The molecule has 2 atom stereocenters. The first-order chi connectivity index (χ1) is 23.1. The van der Waals surface area contributed by atoms with E-state index in [0.717, 1.165) is 25.9 Å². The number of carbonyl (C=O) groups excluding carboxylic acids is 2. The molecular weight excluding hydrogens is 643 g/mol. The zero-order valence-electron chi connectivity index (χ0n) is 28.3. The lowest BCUT2D eigenvalue weighted by Crippen LogP contribution is -2.54. The van der Waals surface area contributed by atoms with E-state index in [4.69, 9.17) is 4.74 Å². The van der Waals surface area contributed by atoms with Gasteiger partial charge in [-0.2, -0.15) is 0 Å². The van der Waals surface area contributed by atoms with E-state index >= 15 is 0 Å². The molecular formula is C38H45N3O5S2. The molecule has 1 N–H and O–H groups in total. The van der Waals surface area contributed by atoms with E-state index in [1.54, 1.807) is 48.5 Å². The van der Waals surface area contributed by atoms with Crippen molar-refractivity contribution in [3.63, 3.8) is 0 Å². The van der Waals surface area contributed by atoms with Crippen LogP contribution in [-0.2, 0) is 32.6 Å². The number of nitrogens with one attached hydrogen (secondary N) is 1. The average Bonchev–Trinajstić information content (AvgIpc) is 3.10. The molecule has 0 spiro atoms. The minimum atomic E-state index is -4.26. The zero-order valence-corrected chi connectivity index (χ0v) is 29.9. The predicted octanol–water partition coefficient (Wildman–Crippen LogP) is 6.87. The van der Waals surface area contributed by atoms with Gasteiger partial charge in [-0.25, -0.2) is 8.42 Å². The minimum Gasteiger partial charge on any atom is -0.492 e. The fourth-order valence-electron chi connectivity index (χ4n) is 5.21. The maximum atomic E-state index is 14.7. The Hall–Kier alpha value is -4.28. The van der Waals surface area contributed by atoms with Crippen LogP contribution >= 0.6 is 11.8 Å². The molecule has 0 saturated heterocycles. The van der Waals surface area contributed by atoms with Gasteiger partial charge in [-0.05, 0) is 81.0 Å². The highest BCUT2D eigenvalue weighted by atomic mass is 32.2. The third-order valence-corrected chi connectivity index (χ3v) is 10.6. The normalized spacial score (nSPS) is 12.5. The van der Waals surface area contributed by atoms with Crippen LogP contribution in [0.5, 0.6) is 5.75 Å². The molecule has 0 fully saturated rings. The summed E-state index contributed by atoms with van der Waals surface area (Å²) in [5.41, 5.74) is 2.99. The Morgan fingerprint density at radius 1 is 0.854 bits per heavy atom. The highest BCUT2D eigenvalue weighted by Gasteiger charge is 2.35. The van der Waals surface area contributed by atoms with E-state index in [-0.39, 0.29) is 35.5 Å². The van der Waals surface area contributed by atoms with Gasteiger partial charge in [-0.1, -0.05) is 79.2 Å². The van der Waals surface area contributed by atoms with Gasteiger partial charge in [-0.3, -0.25) is 13.9 Å². The lowest BCUT2D eigenvalue weighted by molar-refractivity contribution is -0.140. The molecule has 0 aliphatic heterocycles. The summed E-state index contributed by atoms with van der Waals surface area (Å²) >= 11 is 1.50. The van der Waals surface area contributed by atoms with Crippen LogP contribution in [0.15, 0.2) is 113 Å². The quantitative estimate of drug-likeness (QED) is 0.129. The molecule has 4 aromatic carbocycles. The van der Waals surface area contributed by atoms with E-state index in [9.17, 15) is 18.0 Å². The maximum absolute atomic E-state index is 14.7. The lowest BCUT2D eigenvalue weighted by atomic mass is 10.0. The summed E-state index contributed by atoms with van der Waals surface area (Å²) < 4.78 is 35.8. The third kappa shape index (κ3) is 9.41. The van der Waals surface area contributed by atoms with Crippen LogP contribution in [0.3, 0.4) is 0 Å². The standard InChI is InChI=1S/C38H45N3O5S2/c1-6-29(4)39-38(43)35(25-30-13-9-8-10-14-30)40(26-31-19-17-28(3)18-20-31)37(42)27-41(34-15-11-12-16-36(34)46-7-2)48(44,45)33-23-21-32(47-5)22-24-33/h8-24,29,35H,6-7,25-27H2,1-5H3,(H,39,43)/t29-,35-/m1/s1. The van der Waals surface area contributed by atoms with E-state index in [1.165, 1.54) is 16.7 Å². The molecule has 0 bridgehead atoms. The van der Waals surface area contributed by atoms with Gasteiger partial charge in [0.1, 0.15) is 18.3 Å². The second kappa shape index (κ2) is 17.2.